The van der Waals surface area contributed by atoms with E-state index < -0.39 is 0 Å². The van der Waals surface area contributed by atoms with Crippen LogP contribution in [0.4, 0.5) is 0 Å². The molecule has 1 atom stereocenters. The summed E-state index contributed by atoms with van der Waals surface area (Å²) in [5.74, 6) is 0.787. The number of aliphatic hydroxyl groups excluding tert-OH is 1. The van der Waals surface area contributed by atoms with E-state index in [4.69, 9.17) is 4.74 Å². The van der Waals surface area contributed by atoms with E-state index in [1.165, 1.54) is 5.56 Å². The highest BCUT2D eigenvalue weighted by Gasteiger charge is 2.05. The average Bonchev–Trinajstić information content (AvgIpc) is 2.88. The molecule has 3 nitrogen and oxygen atoms in total. The van der Waals surface area contributed by atoms with Crippen LogP contribution in [0.5, 0.6) is 10.9 Å². The number of hydrogen-bond acceptors (Lipinski definition) is 4. The highest BCUT2D eigenvalue weighted by Crippen LogP contribution is 2.31. The van der Waals surface area contributed by atoms with Crippen molar-refractivity contribution in [3.05, 3.63) is 54.1 Å². The number of para-hydroxylation sites is 1. The van der Waals surface area contributed by atoms with Crippen molar-refractivity contribution < 1.29 is 9.84 Å². The van der Waals surface area contributed by atoms with Gasteiger partial charge in [-0.3, -0.25) is 0 Å². The van der Waals surface area contributed by atoms with Crippen LogP contribution in [0.1, 0.15) is 18.9 Å². The summed E-state index contributed by atoms with van der Waals surface area (Å²) in [7, 11) is 0. The molecule has 2 aromatic carbocycles. The molecule has 1 aromatic heterocycles. The second-order valence-corrected chi connectivity index (χ2v) is 6.07. The van der Waals surface area contributed by atoms with Crippen molar-refractivity contribution in [3.8, 4) is 10.9 Å². The zero-order chi connectivity index (χ0) is 14.7. The average molecular weight is 299 g/mol. The number of aryl methyl sites for hydroxylation is 1. The summed E-state index contributed by atoms with van der Waals surface area (Å²) < 4.78 is 6.93. The third-order valence-electron chi connectivity index (χ3n) is 3.25. The number of fused-ring (bicyclic) bond motifs is 1. The van der Waals surface area contributed by atoms with E-state index in [9.17, 15) is 5.11 Å². The molecule has 0 fully saturated rings. The van der Waals surface area contributed by atoms with Crippen molar-refractivity contribution in [1.29, 1.82) is 0 Å². The van der Waals surface area contributed by atoms with E-state index >= 15 is 0 Å². The van der Waals surface area contributed by atoms with Crippen LogP contribution in [0.3, 0.4) is 0 Å². The fourth-order valence-corrected chi connectivity index (χ4v) is 2.93. The summed E-state index contributed by atoms with van der Waals surface area (Å²) in [5, 5.41) is 9.96. The van der Waals surface area contributed by atoms with E-state index in [0.29, 0.717) is 5.19 Å². The van der Waals surface area contributed by atoms with Gasteiger partial charge in [-0.1, -0.05) is 35.6 Å². The minimum atomic E-state index is -0.260. The molecule has 108 valence electrons. The second-order valence-electron chi connectivity index (χ2n) is 5.08. The highest BCUT2D eigenvalue weighted by molar-refractivity contribution is 7.20. The second kappa shape index (κ2) is 6.24. The Bertz CT molecular complexity index is 686. The number of aliphatic hydroxyl groups is 1. The van der Waals surface area contributed by atoms with Crippen molar-refractivity contribution in [1.82, 2.24) is 4.98 Å². The summed E-state index contributed by atoms with van der Waals surface area (Å²) in [6.45, 7) is 1.81. The number of benzene rings is 2. The quantitative estimate of drug-likeness (QED) is 0.759. The molecule has 0 radical (unpaired) electrons. The molecule has 21 heavy (non-hydrogen) atoms. The van der Waals surface area contributed by atoms with Crippen molar-refractivity contribution in [2.75, 3.05) is 0 Å². The Hall–Kier alpha value is -1.91. The monoisotopic (exact) mass is 299 g/mol. The summed E-state index contributed by atoms with van der Waals surface area (Å²) in [4.78, 5) is 4.45. The topological polar surface area (TPSA) is 42.4 Å². The van der Waals surface area contributed by atoms with Crippen LogP contribution in [-0.4, -0.2) is 16.2 Å². The van der Waals surface area contributed by atoms with Crippen molar-refractivity contribution in [2.24, 2.45) is 0 Å². The lowest BCUT2D eigenvalue weighted by Gasteiger charge is -2.05. The Labute approximate surface area is 127 Å². The van der Waals surface area contributed by atoms with Crippen LogP contribution in [-0.2, 0) is 6.42 Å². The molecule has 0 saturated carbocycles. The van der Waals surface area contributed by atoms with Crippen molar-refractivity contribution in [3.63, 3.8) is 0 Å². The maximum absolute atomic E-state index is 9.30. The number of ether oxygens (including phenoxy) is 1. The summed E-state index contributed by atoms with van der Waals surface area (Å²) >= 11 is 1.54. The molecule has 3 rings (SSSR count). The Balaban J connectivity index is 1.69. The van der Waals surface area contributed by atoms with E-state index in [2.05, 4.69) is 4.98 Å². The van der Waals surface area contributed by atoms with Gasteiger partial charge in [0.15, 0.2) is 0 Å². The Kier molecular flexibility index (Phi) is 4.18. The third kappa shape index (κ3) is 3.60. The first-order valence-corrected chi connectivity index (χ1v) is 7.83. The van der Waals surface area contributed by atoms with Gasteiger partial charge in [-0.2, -0.15) is 0 Å². The molecule has 4 heteroatoms. The standard InChI is InChI=1S/C17H17NO2S/c1-12(19)6-7-13-8-10-14(11-9-13)20-17-18-15-4-2-3-5-16(15)21-17/h2-5,8-12,19H,6-7H2,1H3. The molecular weight excluding hydrogens is 282 g/mol. The predicted octanol–water partition coefficient (Wildman–Crippen LogP) is 4.40. The minimum absolute atomic E-state index is 0.260. The van der Waals surface area contributed by atoms with Crippen molar-refractivity contribution >= 4 is 21.6 Å². The maximum Gasteiger partial charge on any atom is 0.279 e. The first kappa shape index (κ1) is 14.0. The number of rotatable bonds is 5. The Morgan fingerprint density at radius 1 is 1.14 bits per heavy atom. The summed E-state index contributed by atoms with van der Waals surface area (Å²) in [5.41, 5.74) is 2.17. The van der Waals surface area contributed by atoms with Gasteiger partial charge in [0.25, 0.3) is 5.19 Å². The molecular formula is C17H17NO2S. The lowest BCUT2D eigenvalue weighted by molar-refractivity contribution is 0.185. The van der Waals surface area contributed by atoms with Gasteiger partial charge in [-0.15, -0.1) is 0 Å². The normalized spacial score (nSPS) is 12.5. The highest BCUT2D eigenvalue weighted by atomic mass is 32.1. The molecule has 3 aromatic rings. The van der Waals surface area contributed by atoms with E-state index in [0.717, 1.165) is 28.8 Å². The molecule has 0 saturated heterocycles. The van der Waals surface area contributed by atoms with Crippen LogP contribution < -0.4 is 4.74 Å². The van der Waals surface area contributed by atoms with Crippen LogP contribution in [0.15, 0.2) is 48.5 Å². The summed E-state index contributed by atoms with van der Waals surface area (Å²) in [6, 6.07) is 16.0. The first-order valence-electron chi connectivity index (χ1n) is 7.01. The molecule has 0 amide bonds. The molecule has 0 spiro atoms. The van der Waals surface area contributed by atoms with Crippen molar-refractivity contribution in [2.45, 2.75) is 25.9 Å². The van der Waals surface area contributed by atoms with Gasteiger partial charge in [0.05, 0.1) is 16.3 Å². The van der Waals surface area contributed by atoms with E-state index in [1.807, 2.05) is 55.5 Å². The summed E-state index contributed by atoms with van der Waals surface area (Å²) in [6.07, 6.45) is 1.39. The maximum atomic E-state index is 9.30. The lowest BCUT2D eigenvalue weighted by Crippen LogP contribution is -2.01. The van der Waals surface area contributed by atoms with Crippen LogP contribution in [0.2, 0.25) is 0 Å². The third-order valence-corrected chi connectivity index (χ3v) is 4.17. The number of nitrogens with zero attached hydrogens (tertiary/aromatic N) is 1. The van der Waals surface area contributed by atoms with Crippen LogP contribution in [0, 0.1) is 0 Å². The smallest absolute Gasteiger partial charge is 0.279 e. The molecule has 0 aliphatic heterocycles. The fourth-order valence-electron chi connectivity index (χ4n) is 2.10. The van der Waals surface area contributed by atoms with Gasteiger partial charge < -0.3 is 9.84 Å². The zero-order valence-electron chi connectivity index (χ0n) is 11.8. The van der Waals surface area contributed by atoms with Gasteiger partial charge in [-0.05, 0) is 49.6 Å². The SMILES string of the molecule is CC(O)CCc1ccc(Oc2nc3ccccc3s2)cc1. The molecule has 0 bridgehead atoms. The Morgan fingerprint density at radius 3 is 2.62 bits per heavy atom. The van der Waals surface area contributed by atoms with Gasteiger partial charge >= 0.3 is 0 Å². The van der Waals surface area contributed by atoms with Gasteiger partial charge in [0.2, 0.25) is 0 Å². The first-order chi connectivity index (χ1) is 10.2. The van der Waals surface area contributed by atoms with Crippen LogP contribution in [0.25, 0.3) is 10.2 Å². The van der Waals surface area contributed by atoms with Gasteiger partial charge in [-0.25, -0.2) is 4.98 Å². The molecule has 0 aliphatic carbocycles. The molecule has 1 N–H and O–H groups in total. The van der Waals surface area contributed by atoms with Gasteiger partial charge in [0, 0.05) is 0 Å². The molecule has 0 aliphatic rings. The van der Waals surface area contributed by atoms with Crippen LogP contribution >= 0.6 is 11.3 Å². The largest absolute Gasteiger partial charge is 0.431 e. The Morgan fingerprint density at radius 2 is 1.90 bits per heavy atom. The number of aromatic nitrogens is 1. The van der Waals surface area contributed by atoms with E-state index in [-0.39, 0.29) is 6.10 Å². The lowest BCUT2D eigenvalue weighted by atomic mass is 10.1. The van der Waals surface area contributed by atoms with E-state index in [1.54, 1.807) is 11.3 Å². The molecule has 1 heterocycles. The number of thiazole rings is 1. The fraction of sp³-hybridized carbons (Fsp3) is 0.235. The zero-order valence-corrected chi connectivity index (χ0v) is 12.6. The minimum Gasteiger partial charge on any atom is -0.431 e. The predicted molar refractivity (Wildman–Crippen MR) is 86.1 cm³/mol. The van der Waals surface area contributed by atoms with Gasteiger partial charge in [0.1, 0.15) is 5.75 Å². The molecule has 1 unspecified atom stereocenters. The number of hydrogen-bond donors (Lipinski definition) is 1.